The van der Waals surface area contributed by atoms with Gasteiger partial charge in [-0.2, -0.15) is 0 Å². The summed E-state index contributed by atoms with van der Waals surface area (Å²) in [4.78, 5) is 23.1. The van der Waals surface area contributed by atoms with Crippen LogP contribution in [0.4, 0.5) is 0 Å². The van der Waals surface area contributed by atoms with Crippen molar-refractivity contribution in [1.82, 2.24) is 5.32 Å². The normalized spacial score (nSPS) is 13.6. The van der Waals surface area contributed by atoms with E-state index in [-0.39, 0.29) is 17.2 Å². The molecule has 0 radical (unpaired) electrons. The minimum atomic E-state index is -1.07. The zero-order valence-electron chi connectivity index (χ0n) is 11.3. The third-order valence-electron chi connectivity index (χ3n) is 3.16. The Balaban J connectivity index is 2.91. The molecule has 3 N–H and O–H groups in total. The second-order valence-electron chi connectivity index (χ2n) is 4.70. The highest BCUT2D eigenvalue weighted by Gasteiger charge is 2.26. The lowest BCUT2D eigenvalue weighted by molar-refractivity contribution is -0.140. The van der Waals surface area contributed by atoms with E-state index < -0.39 is 17.9 Å². The number of aromatic hydroxyl groups is 1. The summed E-state index contributed by atoms with van der Waals surface area (Å²) in [6.07, 6.45) is 0.636. The first-order valence-electron chi connectivity index (χ1n) is 6.20. The van der Waals surface area contributed by atoms with Crippen molar-refractivity contribution in [2.75, 3.05) is 0 Å². The first-order chi connectivity index (χ1) is 8.86. The van der Waals surface area contributed by atoms with E-state index in [2.05, 4.69) is 5.32 Å². The second kappa shape index (κ2) is 6.22. The number of aryl methyl sites for hydroxylation is 1. The minimum Gasteiger partial charge on any atom is -0.507 e. The fraction of sp³-hybridized carbons (Fsp3) is 0.429. The van der Waals surface area contributed by atoms with Crippen molar-refractivity contribution in [1.29, 1.82) is 0 Å². The van der Waals surface area contributed by atoms with Crippen LogP contribution in [-0.4, -0.2) is 28.1 Å². The molecule has 0 saturated carbocycles. The number of nitrogens with one attached hydrogen (secondary N) is 1. The van der Waals surface area contributed by atoms with E-state index in [0.29, 0.717) is 6.42 Å². The number of carbonyl (C=O) groups is 2. The van der Waals surface area contributed by atoms with Gasteiger partial charge in [0.05, 0.1) is 5.56 Å². The van der Waals surface area contributed by atoms with Gasteiger partial charge in [-0.3, -0.25) is 4.79 Å². The zero-order chi connectivity index (χ0) is 14.6. The fourth-order valence-electron chi connectivity index (χ4n) is 1.74. The Morgan fingerprint density at radius 1 is 1.37 bits per heavy atom. The molecule has 0 spiro atoms. The van der Waals surface area contributed by atoms with Gasteiger partial charge in [-0.25, -0.2) is 4.79 Å². The molecule has 0 aliphatic rings. The van der Waals surface area contributed by atoms with Gasteiger partial charge < -0.3 is 15.5 Å². The molecule has 2 atom stereocenters. The molecular weight excluding hydrogens is 246 g/mol. The molecule has 104 valence electrons. The molecule has 5 heteroatoms. The van der Waals surface area contributed by atoms with Crippen LogP contribution >= 0.6 is 0 Å². The number of carbonyl (C=O) groups excluding carboxylic acids is 1. The molecule has 0 unspecified atom stereocenters. The third kappa shape index (κ3) is 3.71. The standard InChI is InChI=1S/C14H19NO4/c1-4-9(3)12(14(18)19)15-13(17)10-6-5-8(2)7-11(10)16/h5-7,9,12,16H,4H2,1-3H3,(H,15,17)(H,18,19)/t9-,12-/m0/s1. The number of carboxylic acid groups (broad SMARTS) is 1. The van der Waals surface area contributed by atoms with E-state index in [4.69, 9.17) is 5.11 Å². The second-order valence-corrected chi connectivity index (χ2v) is 4.70. The van der Waals surface area contributed by atoms with E-state index in [1.54, 1.807) is 19.9 Å². The highest BCUT2D eigenvalue weighted by atomic mass is 16.4. The Kier molecular flexibility index (Phi) is 4.92. The van der Waals surface area contributed by atoms with Crippen LogP contribution in [0, 0.1) is 12.8 Å². The van der Waals surface area contributed by atoms with Gasteiger partial charge in [0.2, 0.25) is 0 Å². The molecule has 1 aromatic carbocycles. The first-order valence-corrected chi connectivity index (χ1v) is 6.20. The zero-order valence-corrected chi connectivity index (χ0v) is 11.3. The van der Waals surface area contributed by atoms with Gasteiger partial charge in [0.25, 0.3) is 5.91 Å². The predicted molar refractivity (Wildman–Crippen MR) is 71.2 cm³/mol. The van der Waals surface area contributed by atoms with Gasteiger partial charge in [-0.1, -0.05) is 26.3 Å². The third-order valence-corrected chi connectivity index (χ3v) is 3.16. The molecule has 0 aromatic heterocycles. The van der Waals surface area contributed by atoms with Gasteiger partial charge in [-0.15, -0.1) is 0 Å². The Bertz CT molecular complexity index is 484. The van der Waals surface area contributed by atoms with E-state index in [1.165, 1.54) is 12.1 Å². The molecule has 19 heavy (non-hydrogen) atoms. The van der Waals surface area contributed by atoms with Crippen molar-refractivity contribution in [2.45, 2.75) is 33.2 Å². The smallest absolute Gasteiger partial charge is 0.326 e. The van der Waals surface area contributed by atoms with E-state index >= 15 is 0 Å². The molecule has 0 aliphatic heterocycles. The summed E-state index contributed by atoms with van der Waals surface area (Å²) in [6.45, 7) is 5.41. The molecule has 1 rings (SSSR count). The van der Waals surface area contributed by atoms with Gasteiger partial charge >= 0.3 is 5.97 Å². The van der Waals surface area contributed by atoms with Gasteiger partial charge in [0.15, 0.2) is 0 Å². The summed E-state index contributed by atoms with van der Waals surface area (Å²) in [7, 11) is 0. The number of benzene rings is 1. The van der Waals surface area contributed by atoms with Crippen LogP contribution < -0.4 is 5.32 Å². The summed E-state index contributed by atoms with van der Waals surface area (Å²) in [6, 6.07) is 3.68. The maximum Gasteiger partial charge on any atom is 0.326 e. The largest absolute Gasteiger partial charge is 0.507 e. The van der Waals surface area contributed by atoms with Crippen LogP contribution in [0.5, 0.6) is 5.75 Å². The van der Waals surface area contributed by atoms with Crippen molar-refractivity contribution in [3.8, 4) is 5.75 Å². The molecular formula is C14H19NO4. The Hall–Kier alpha value is -2.04. The number of rotatable bonds is 5. The monoisotopic (exact) mass is 265 g/mol. The van der Waals surface area contributed by atoms with Crippen LogP contribution in [-0.2, 0) is 4.79 Å². The summed E-state index contributed by atoms with van der Waals surface area (Å²) in [5.41, 5.74) is 0.908. The van der Waals surface area contributed by atoms with Crippen molar-refractivity contribution < 1.29 is 19.8 Å². The van der Waals surface area contributed by atoms with Crippen LogP contribution in [0.3, 0.4) is 0 Å². The molecule has 1 aromatic rings. The number of phenolic OH excluding ortho intramolecular Hbond substituents is 1. The number of carboxylic acids is 1. The quantitative estimate of drug-likeness (QED) is 0.759. The summed E-state index contributed by atoms with van der Waals surface area (Å²) < 4.78 is 0. The Labute approximate surface area is 112 Å². The minimum absolute atomic E-state index is 0.0835. The maximum atomic E-state index is 12.0. The summed E-state index contributed by atoms with van der Waals surface area (Å²) in [5, 5.41) is 21.3. The van der Waals surface area contributed by atoms with Crippen LogP contribution in [0.25, 0.3) is 0 Å². The lowest BCUT2D eigenvalue weighted by atomic mass is 9.98. The maximum absolute atomic E-state index is 12.0. The summed E-state index contributed by atoms with van der Waals surface area (Å²) >= 11 is 0. The Morgan fingerprint density at radius 2 is 2.00 bits per heavy atom. The average Bonchev–Trinajstić information content (AvgIpc) is 2.34. The van der Waals surface area contributed by atoms with Crippen molar-refractivity contribution >= 4 is 11.9 Å². The average molecular weight is 265 g/mol. The van der Waals surface area contributed by atoms with Crippen molar-refractivity contribution in [3.05, 3.63) is 29.3 Å². The fourth-order valence-corrected chi connectivity index (χ4v) is 1.74. The molecule has 0 fully saturated rings. The van der Waals surface area contributed by atoms with Crippen LogP contribution in [0.1, 0.15) is 36.2 Å². The molecule has 5 nitrogen and oxygen atoms in total. The lowest BCUT2D eigenvalue weighted by Crippen LogP contribution is -2.45. The number of phenols is 1. The molecule has 0 heterocycles. The number of hydrogen-bond acceptors (Lipinski definition) is 3. The van der Waals surface area contributed by atoms with E-state index in [1.807, 2.05) is 6.92 Å². The van der Waals surface area contributed by atoms with Gasteiger partial charge in [-0.05, 0) is 30.5 Å². The molecule has 0 saturated heterocycles. The van der Waals surface area contributed by atoms with Gasteiger partial charge in [0, 0.05) is 0 Å². The Morgan fingerprint density at radius 3 is 2.47 bits per heavy atom. The molecule has 1 amide bonds. The topological polar surface area (TPSA) is 86.6 Å². The number of amides is 1. The highest BCUT2D eigenvalue weighted by Crippen LogP contribution is 2.19. The van der Waals surface area contributed by atoms with E-state index in [0.717, 1.165) is 5.56 Å². The highest BCUT2D eigenvalue weighted by molar-refractivity contribution is 5.98. The molecule has 0 aliphatic carbocycles. The first kappa shape index (κ1) is 15.0. The number of aliphatic carboxylic acids is 1. The summed E-state index contributed by atoms with van der Waals surface area (Å²) in [5.74, 6) is -1.99. The lowest BCUT2D eigenvalue weighted by Gasteiger charge is -2.20. The van der Waals surface area contributed by atoms with Crippen molar-refractivity contribution in [3.63, 3.8) is 0 Å². The molecule has 0 bridgehead atoms. The van der Waals surface area contributed by atoms with Crippen LogP contribution in [0.2, 0.25) is 0 Å². The van der Waals surface area contributed by atoms with Gasteiger partial charge in [0.1, 0.15) is 11.8 Å². The van der Waals surface area contributed by atoms with Crippen molar-refractivity contribution in [2.24, 2.45) is 5.92 Å². The predicted octanol–water partition coefficient (Wildman–Crippen LogP) is 1.93. The van der Waals surface area contributed by atoms with E-state index in [9.17, 15) is 14.7 Å². The SMILES string of the molecule is CC[C@H](C)[C@H](NC(=O)c1ccc(C)cc1O)C(=O)O. The van der Waals surface area contributed by atoms with Crippen LogP contribution in [0.15, 0.2) is 18.2 Å². The number of hydrogen-bond donors (Lipinski definition) is 3.